The van der Waals surface area contributed by atoms with Crippen molar-refractivity contribution in [2.75, 3.05) is 10.2 Å². The first-order valence-corrected chi connectivity index (χ1v) is 10.7. The number of carbonyl (C=O) groups is 3. The van der Waals surface area contributed by atoms with Crippen molar-refractivity contribution in [3.05, 3.63) is 105 Å². The van der Waals surface area contributed by atoms with Crippen LogP contribution in [0.25, 0.3) is 5.76 Å². The van der Waals surface area contributed by atoms with Crippen LogP contribution < -0.4 is 10.2 Å². The van der Waals surface area contributed by atoms with Gasteiger partial charge in [-0.15, -0.1) is 0 Å². The lowest BCUT2D eigenvalue weighted by molar-refractivity contribution is -0.384. The van der Waals surface area contributed by atoms with E-state index in [-0.39, 0.29) is 22.7 Å². The van der Waals surface area contributed by atoms with E-state index in [4.69, 9.17) is 11.6 Å². The Labute approximate surface area is 204 Å². The Morgan fingerprint density at radius 1 is 1.00 bits per heavy atom. The Kier molecular flexibility index (Phi) is 6.35. The van der Waals surface area contributed by atoms with E-state index >= 15 is 0 Å². The molecule has 4 rings (SSSR count). The summed E-state index contributed by atoms with van der Waals surface area (Å²) >= 11 is 5.93. The second-order valence-corrected chi connectivity index (χ2v) is 8.19. The van der Waals surface area contributed by atoms with Crippen LogP contribution in [0.1, 0.15) is 24.1 Å². The largest absolute Gasteiger partial charge is 0.507 e. The van der Waals surface area contributed by atoms with Crippen LogP contribution in [0.4, 0.5) is 17.1 Å². The maximum absolute atomic E-state index is 13.2. The Morgan fingerprint density at radius 2 is 1.60 bits per heavy atom. The first kappa shape index (κ1) is 23.7. The molecule has 1 fully saturated rings. The van der Waals surface area contributed by atoms with Crippen molar-refractivity contribution in [3.63, 3.8) is 0 Å². The molecule has 2 amide bonds. The number of non-ortho nitro benzene ring substituents is 1. The number of nitrogens with one attached hydrogen (secondary N) is 1. The normalized spacial score (nSPS) is 16.9. The average molecular weight is 492 g/mol. The molecule has 1 heterocycles. The van der Waals surface area contributed by atoms with Gasteiger partial charge in [0.15, 0.2) is 0 Å². The van der Waals surface area contributed by atoms with Gasteiger partial charge in [-0.2, -0.15) is 0 Å². The lowest BCUT2D eigenvalue weighted by Crippen LogP contribution is -2.29. The molecule has 10 heteroatoms. The topological polar surface area (TPSA) is 130 Å². The van der Waals surface area contributed by atoms with Gasteiger partial charge in [0.1, 0.15) is 5.76 Å². The number of aliphatic hydroxyl groups excluding tert-OH is 1. The lowest BCUT2D eigenvalue weighted by atomic mass is 9.95. The molecule has 1 atom stereocenters. The molecule has 3 aromatic rings. The number of rotatable bonds is 5. The third-order valence-corrected chi connectivity index (χ3v) is 5.70. The third kappa shape index (κ3) is 4.62. The number of anilines is 2. The standard InChI is InChI=1S/C25H18ClN3O6/c1-14(30)27-18-8-12-19(13-9-18)28-22(15-4-10-20(11-5-15)29(34)35)21(24(32)25(28)33)23(31)16-2-6-17(26)7-3-16/h2-13,22,31H,1H3,(H,27,30)/b23-21+/t22-/m0/s1. The maximum atomic E-state index is 13.2. The molecular weight excluding hydrogens is 474 g/mol. The van der Waals surface area contributed by atoms with E-state index in [1.54, 1.807) is 24.3 Å². The van der Waals surface area contributed by atoms with Crippen molar-refractivity contribution in [1.82, 2.24) is 0 Å². The molecule has 2 N–H and O–H groups in total. The molecule has 176 valence electrons. The van der Waals surface area contributed by atoms with Crippen molar-refractivity contribution >= 4 is 52.0 Å². The zero-order valence-corrected chi connectivity index (χ0v) is 19.0. The minimum atomic E-state index is -1.06. The molecule has 35 heavy (non-hydrogen) atoms. The van der Waals surface area contributed by atoms with Gasteiger partial charge in [-0.3, -0.25) is 29.4 Å². The molecule has 0 bridgehead atoms. The van der Waals surface area contributed by atoms with Gasteiger partial charge in [0, 0.05) is 41.0 Å². The Hall–Kier alpha value is -4.50. The van der Waals surface area contributed by atoms with E-state index < -0.39 is 28.4 Å². The van der Waals surface area contributed by atoms with Crippen LogP contribution in [-0.2, 0) is 14.4 Å². The molecular formula is C25H18ClN3O6. The van der Waals surface area contributed by atoms with Crippen LogP contribution >= 0.6 is 11.6 Å². The minimum absolute atomic E-state index is 0.164. The highest BCUT2D eigenvalue weighted by Crippen LogP contribution is 2.42. The van der Waals surface area contributed by atoms with E-state index in [1.165, 1.54) is 60.4 Å². The molecule has 3 aromatic carbocycles. The van der Waals surface area contributed by atoms with Crippen LogP contribution in [0.3, 0.4) is 0 Å². The molecule has 0 spiro atoms. The van der Waals surface area contributed by atoms with E-state index in [0.29, 0.717) is 22.0 Å². The summed E-state index contributed by atoms with van der Waals surface area (Å²) in [6.45, 7) is 1.36. The molecule has 0 radical (unpaired) electrons. The summed E-state index contributed by atoms with van der Waals surface area (Å²) in [5.74, 6) is -2.46. The number of nitrogens with zero attached hydrogens (tertiary/aromatic N) is 2. The Balaban J connectivity index is 1.87. The summed E-state index contributed by atoms with van der Waals surface area (Å²) < 4.78 is 0. The van der Waals surface area contributed by atoms with Gasteiger partial charge in [0.2, 0.25) is 5.91 Å². The fourth-order valence-corrected chi connectivity index (χ4v) is 3.99. The molecule has 9 nitrogen and oxygen atoms in total. The van der Waals surface area contributed by atoms with Crippen molar-refractivity contribution < 1.29 is 24.4 Å². The number of hydrogen-bond acceptors (Lipinski definition) is 6. The van der Waals surface area contributed by atoms with Crippen LogP contribution in [0.5, 0.6) is 0 Å². The highest BCUT2D eigenvalue weighted by atomic mass is 35.5. The number of Topliss-reactive ketones (excluding diaryl/α,β-unsaturated/α-hetero) is 1. The summed E-state index contributed by atoms with van der Waals surface area (Å²) in [6.07, 6.45) is 0. The van der Waals surface area contributed by atoms with E-state index in [0.717, 1.165) is 0 Å². The summed E-state index contributed by atoms with van der Waals surface area (Å²) in [4.78, 5) is 49.4. The van der Waals surface area contributed by atoms with Crippen LogP contribution in [0.15, 0.2) is 78.4 Å². The number of nitro groups is 1. The van der Waals surface area contributed by atoms with Gasteiger partial charge >= 0.3 is 0 Å². The highest BCUT2D eigenvalue weighted by Gasteiger charge is 2.47. The fraction of sp³-hybridized carbons (Fsp3) is 0.0800. The van der Waals surface area contributed by atoms with Crippen molar-refractivity contribution in [1.29, 1.82) is 0 Å². The molecule has 0 aromatic heterocycles. The minimum Gasteiger partial charge on any atom is -0.507 e. The van der Waals surface area contributed by atoms with Crippen LogP contribution in [0, 0.1) is 10.1 Å². The predicted molar refractivity (Wildman–Crippen MR) is 130 cm³/mol. The zero-order valence-electron chi connectivity index (χ0n) is 18.3. The van der Waals surface area contributed by atoms with Gasteiger partial charge in [-0.1, -0.05) is 11.6 Å². The molecule has 1 aliphatic rings. The first-order chi connectivity index (χ1) is 16.7. The molecule has 1 saturated heterocycles. The zero-order chi connectivity index (χ0) is 25.3. The summed E-state index contributed by atoms with van der Waals surface area (Å²) in [7, 11) is 0. The van der Waals surface area contributed by atoms with Gasteiger partial charge in [0.05, 0.1) is 16.5 Å². The molecule has 1 aliphatic heterocycles. The van der Waals surface area contributed by atoms with E-state index in [2.05, 4.69) is 5.32 Å². The summed E-state index contributed by atoms with van der Waals surface area (Å²) in [6, 6.07) is 16.7. The smallest absolute Gasteiger partial charge is 0.300 e. The Bertz CT molecular complexity index is 1370. The first-order valence-electron chi connectivity index (χ1n) is 10.4. The predicted octanol–water partition coefficient (Wildman–Crippen LogP) is 4.83. The Morgan fingerprint density at radius 3 is 2.14 bits per heavy atom. The quantitative estimate of drug-likeness (QED) is 0.173. The van der Waals surface area contributed by atoms with E-state index in [9.17, 15) is 29.6 Å². The van der Waals surface area contributed by atoms with Crippen LogP contribution in [-0.4, -0.2) is 27.6 Å². The number of hydrogen-bond donors (Lipinski definition) is 2. The number of carbonyl (C=O) groups excluding carboxylic acids is 3. The van der Waals surface area contributed by atoms with Crippen LogP contribution in [0.2, 0.25) is 5.02 Å². The van der Waals surface area contributed by atoms with E-state index in [1.807, 2.05) is 0 Å². The van der Waals surface area contributed by atoms with Crippen molar-refractivity contribution in [3.8, 4) is 0 Å². The highest BCUT2D eigenvalue weighted by molar-refractivity contribution is 6.51. The SMILES string of the molecule is CC(=O)Nc1ccc(N2C(=O)C(=O)/C(=C(/O)c3ccc(Cl)cc3)[C@@H]2c2ccc([N+](=O)[O-])cc2)cc1. The van der Waals surface area contributed by atoms with Gasteiger partial charge in [-0.25, -0.2) is 0 Å². The van der Waals surface area contributed by atoms with Crippen molar-refractivity contribution in [2.45, 2.75) is 13.0 Å². The van der Waals surface area contributed by atoms with Crippen molar-refractivity contribution in [2.24, 2.45) is 0 Å². The lowest BCUT2D eigenvalue weighted by Gasteiger charge is -2.25. The number of halogens is 1. The monoisotopic (exact) mass is 491 g/mol. The summed E-state index contributed by atoms with van der Waals surface area (Å²) in [5.41, 5.74) is 1.15. The molecule has 0 aliphatic carbocycles. The number of benzene rings is 3. The average Bonchev–Trinajstić information content (AvgIpc) is 3.10. The second kappa shape index (κ2) is 9.40. The van der Waals surface area contributed by atoms with Gasteiger partial charge < -0.3 is 10.4 Å². The third-order valence-electron chi connectivity index (χ3n) is 5.45. The molecule has 0 saturated carbocycles. The maximum Gasteiger partial charge on any atom is 0.300 e. The molecule has 0 unspecified atom stereocenters. The number of nitro benzene ring substituents is 1. The second-order valence-electron chi connectivity index (χ2n) is 7.75. The van der Waals surface area contributed by atoms with Gasteiger partial charge in [0.25, 0.3) is 17.4 Å². The number of ketones is 1. The number of amides is 2. The number of aliphatic hydroxyl groups is 1. The summed E-state index contributed by atoms with van der Waals surface area (Å²) in [5, 5.41) is 25.2. The fourth-order valence-electron chi connectivity index (χ4n) is 3.86. The van der Waals surface area contributed by atoms with Gasteiger partial charge in [-0.05, 0) is 66.2 Å².